The summed E-state index contributed by atoms with van der Waals surface area (Å²) >= 11 is 1.85. The van der Waals surface area contributed by atoms with Gasteiger partial charge in [-0.3, -0.25) is 4.79 Å². The van der Waals surface area contributed by atoms with Crippen molar-refractivity contribution < 1.29 is 4.79 Å². The van der Waals surface area contributed by atoms with Crippen LogP contribution in [0.2, 0.25) is 0 Å². The Morgan fingerprint density at radius 3 is 2.95 bits per heavy atom. The normalized spacial score (nSPS) is 23.6. The molecular weight excluding hydrogens is 254 g/mol. The van der Waals surface area contributed by atoms with E-state index in [-0.39, 0.29) is 0 Å². The zero-order chi connectivity index (χ0) is 13.2. The van der Waals surface area contributed by atoms with E-state index in [1.54, 1.807) is 0 Å². The van der Waals surface area contributed by atoms with Gasteiger partial charge in [-0.15, -0.1) is 11.3 Å². The Kier molecular flexibility index (Phi) is 3.92. The molecule has 1 aromatic heterocycles. The van der Waals surface area contributed by atoms with Crippen LogP contribution in [0.25, 0.3) is 0 Å². The van der Waals surface area contributed by atoms with Crippen molar-refractivity contribution in [2.24, 2.45) is 5.92 Å². The molecule has 1 amide bonds. The van der Waals surface area contributed by atoms with E-state index in [1.807, 2.05) is 11.3 Å². The Morgan fingerprint density at radius 1 is 1.42 bits per heavy atom. The van der Waals surface area contributed by atoms with Gasteiger partial charge in [-0.2, -0.15) is 0 Å². The predicted molar refractivity (Wildman–Crippen MR) is 79.3 cm³/mol. The molecule has 0 spiro atoms. The molecule has 1 aromatic rings. The van der Waals surface area contributed by atoms with Crippen molar-refractivity contribution in [1.82, 2.24) is 4.90 Å². The summed E-state index contributed by atoms with van der Waals surface area (Å²) in [7, 11) is 0. The van der Waals surface area contributed by atoms with Crippen LogP contribution in [0.4, 0.5) is 0 Å². The molecule has 1 aliphatic carbocycles. The van der Waals surface area contributed by atoms with Crippen molar-refractivity contribution in [2.45, 2.75) is 57.9 Å². The Morgan fingerprint density at radius 2 is 2.21 bits per heavy atom. The predicted octanol–water partition coefficient (Wildman–Crippen LogP) is 4.16. The number of nitrogens with zero attached hydrogens (tertiary/aromatic N) is 1. The summed E-state index contributed by atoms with van der Waals surface area (Å²) < 4.78 is 0. The first-order valence-electron chi connectivity index (χ1n) is 7.65. The second-order valence-corrected chi connectivity index (χ2v) is 6.92. The van der Waals surface area contributed by atoms with Crippen LogP contribution in [0.15, 0.2) is 11.4 Å². The smallest absolute Gasteiger partial charge is 0.223 e. The van der Waals surface area contributed by atoms with E-state index >= 15 is 0 Å². The molecule has 0 bridgehead atoms. The zero-order valence-electron chi connectivity index (χ0n) is 11.7. The standard InChI is InChI=1S/C16H23NOS/c1-2-14-13-8-10-19-15(13)7-9-17(14)16(18)11-12-5-3-4-6-12/h8,10,12,14H,2-7,9,11H2,1H3. The minimum atomic E-state index is 0.337. The molecule has 0 saturated heterocycles. The zero-order valence-corrected chi connectivity index (χ0v) is 12.5. The average Bonchev–Trinajstić information content (AvgIpc) is 3.07. The maximum absolute atomic E-state index is 12.6. The Hall–Kier alpha value is -0.830. The van der Waals surface area contributed by atoms with Gasteiger partial charge in [0.2, 0.25) is 5.91 Å². The fourth-order valence-electron chi connectivity index (χ4n) is 3.71. The number of hydrogen-bond donors (Lipinski definition) is 0. The van der Waals surface area contributed by atoms with Crippen molar-refractivity contribution in [3.8, 4) is 0 Å². The van der Waals surface area contributed by atoms with Crippen LogP contribution >= 0.6 is 11.3 Å². The van der Waals surface area contributed by atoms with E-state index in [0.717, 1.165) is 25.8 Å². The molecule has 104 valence electrons. The first-order valence-corrected chi connectivity index (χ1v) is 8.53. The van der Waals surface area contributed by atoms with Crippen molar-refractivity contribution in [1.29, 1.82) is 0 Å². The summed E-state index contributed by atoms with van der Waals surface area (Å²) in [6.45, 7) is 3.13. The molecule has 1 unspecified atom stereocenters. The van der Waals surface area contributed by atoms with Gasteiger partial charge in [-0.1, -0.05) is 19.8 Å². The van der Waals surface area contributed by atoms with E-state index in [9.17, 15) is 4.79 Å². The third kappa shape index (κ3) is 2.58. The summed E-state index contributed by atoms with van der Waals surface area (Å²) in [5, 5.41) is 2.18. The van der Waals surface area contributed by atoms with Crippen molar-refractivity contribution >= 4 is 17.2 Å². The number of carbonyl (C=O) groups excluding carboxylic acids is 1. The first kappa shape index (κ1) is 13.2. The summed E-state index contributed by atoms with van der Waals surface area (Å²) in [4.78, 5) is 16.2. The molecule has 0 radical (unpaired) electrons. The van der Waals surface area contributed by atoms with E-state index < -0.39 is 0 Å². The highest BCUT2D eigenvalue weighted by Gasteiger charge is 2.31. The molecule has 3 heteroatoms. The van der Waals surface area contributed by atoms with Gasteiger partial charge in [0.25, 0.3) is 0 Å². The first-order chi connectivity index (χ1) is 9.29. The summed E-state index contributed by atoms with van der Waals surface area (Å²) in [6.07, 6.45) is 8.06. The number of carbonyl (C=O) groups is 1. The van der Waals surface area contributed by atoms with Gasteiger partial charge < -0.3 is 4.90 Å². The Labute approximate surface area is 119 Å². The molecule has 19 heavy (non-hydrogen) atoms. The lowest BCUT2D eigenvalue weighted by atomic mass is 9.95. The van der Waals surface area contributed by atoms with Crippen molar-refractivity contribution in [3.05, 3.63) is 21.9 Å². The van der Waals surface area contributed by atoms with Crippen LogP contribution in [0.1, 0.15) is 61.9 Å². The molecule has 2 aliphatic rings. The molecule has 1 saturated carbocycles. The highest BCUT2D eigenvalue weighted by atomic mass is 32.1. The van der Waals surface area contributed by atoms with Gasteiger partial charge in [-0.25, -0.2) is 0 Å². The molecule has 2 nitrogen and oxygen atoms in total. The van der Waals surface area contributed by atoms with Crippen LogP contribution in [-0.2, 0) is 11.2 Å². The Bertz CT molecular complexity index is 447. The molecule has 1 aliphatic heterocycles. The van der Waals surface area contributed by atoms with Gasteiger partial charge >= 0.3 is 0 Å². The molecule has 2 heterocycles. The number of fused-ring (bicyclic) bond motifs is 1. The second kappa shape index (κ2) is 5.66. The maximum atomic E-state index is 12.6. The van der Waals surface area contributed by atoms with Crippen LogP contribution in [0, 0.1) is 5.92 Å². The third-order valence-electron chi connectivity index (χ3n) is 4.74. The van der Waals surface area contributed by atoms with Crippen LogP contribution < -0.4 is 0 Å². The summed E-state index contributed by atoms with van der Waals surface area (Å²) in [5.74, 6) is 1.06. The molecule has 3 rings (SSSR count). The topological polar surface area (TPSA) is 20.3 Å². The minimum Gasteiger partial charge on any atom is -0.335 e. The van der Waals surface area contributed by atoms with Gasteiger partial charge in [0.05, 0.1) is 6.04 Å². The Balaban J connectivity index is 1.71. The molecule has 1 fully saturated rings. The van der Waals surface area contributed by atoms with Crippen molar-refractivity contribution in [3.63, 3.8) is 0 Å². The van der Waals surface area contributed by atoms with Crippen LogP contribution in [0.5, 0.6) is 0 Å². The summed E-state index contributed by atoms with van der Waals surface area (Å²) in [6, 6.07) is 2.56. The molecule has 0 aromatic carbocycles. The highest BCUT2D eigenvalue weighted by Crippen LogP contribution is 2.36. The van der Waals surface area contributed by atoms with E-state index in [1.165, 1.54) is 36.1 Å². The van der Waals surface area contributed by atoms with Gasteiger partial charge in [0.15, 0.2) is 0 Å². The lowest BCUT2D eigenvalue weighted by molar-refractivity contribution is -0.135. The largest absolute Gasteiger partial charge is 0.335 e. The van der Waals surface area contributed by atoms with Gasteiger partial charge in [0.1, 0.15) is 0 Å². The fourth-order valence-corrected chi connectivity index (χ4v) is 4.64. The lowest BCUT2D eigenvalue weighted by Gasteiger charge is -2.36. The SMILES string of the molecule is CCC1c2ccsc2CCN1C(=O)CC1CCCC1. The monoisotopic (exact) mass is 277 g/mol. The third-order valence-corrected chi connectivity index (χ3v) is 5.74. The van der Waals surface area contributed by atoms with E-state index in [0.29, 0.717) is 17.9 Å². The van der Waals surface area contributed by atoms with Crippen LogP contribution in [-0.4, -0.2) is 17.4 Å². The van der Waals surface area contributed by atoms with Gasteiger partial charge in [0, 0.05) is 17.8 Å². The second-order valence-electron chi connectivity index (χ2n) is 5.91. The minimum absolute atomic E-state index is 0.337. The number of rotatable bonds is 3. The molecule has 1 atom stereocenters. The fraction of sp³-hybridized carbons (Fsp3) is 0.688. The quantitative estimate of drug-likeness (QED) is 0.812. The lowest BCUT2D eigenvalue weighted by Crippen LogP contribution is -2.39. The number of amides is 1. The van der Waals surface area contributed by atoms with E-state index in [2.05, 4.69) is 23.3 Å². The van der Waals surface area contributed by atoms with Gasteiger partial charge in [-0.05, 0) is 48.6 Å². The van der Waals surface area contributed by atoms with Crippen LogP contribution in [0.3, 0.4) is 0 Å². The maximum Gasteiger partial charge on any atom is 0.223 e. The average molecular weight is 277 g/mol. The van der Waals surface area contributed by atoms with Crippen molar-refractivity contribution in [2.75, 3.05) is 6.54 Å². The summed E-state index contributed by atoms with van der Waals surface area (Å²) in [5.41, 5.74) is 1.42. The molecular formula is C16H23NOS. The highest BCUT2D eigenvalue weighted by molar-refractivity contribution is 7.10. The number of hydrogen-bond acceptors (Lipinski definition) is 2. The molecule has 0 N–H and O–H groups in total. The number of thiophene rings is 1. The van der Waals surface area contributed by atoms with E-state index in [4.69, 9.17) is 0 Å².